The number of nitro groups is 1. The molecule has 1 atom stereocenters. The van der Waals surface area contributed by atoms with Crippen molar-refractivity contribution in [3.05, 3.63) is 96.9 Å². The summed E-state index contributed by atoms with van der Waals surface area (Å²) in [7, 11) is 1.64. The number of non-ortho nitro benzene ring substituents is 1. The number of hydrogen-bond acceptors (Lipinski definition) is 13. The molecular formula is C32H39N5O10. The number of nitrogens with zero attached hydrogens (tertiary/aromatic N) is 4. The first-order valence-electron chi connectivity index (χ1n) is 15.2. The first kappa shape index (κ1) is 34.7. The van der Waals surface area contributed by atoms with Gasteiger partial charge in [0.15, 0.2) is 0 Å². The maximum Gasteiger partial charge on any atom is 0.336 e. The molecule has 0 aliphatic carbocycles. The Labute approximate surface area is 272 Å². The molecule has 0 spiro atoms. The standard InChI is InChI=1S/C32H39N5O10/c1-22-28(31(38)45-18-5-13-34-14-16-35(17-15-34)25-9-11-27(44-3)12-10-25)30(24-7-4-8-26(21-24)36(40)41)29(23(2)33-22)32(39)46-19-6-20-47-37(42)43/h4,7-12,21,30,33H,5-6,13-20H2,1-3H3. The Kier molecular flexibility index (Phi) is 12.1. The van der Waals surface area contributed by atoms with Crippen LogP contribution in [0.5, 0.6) is 5.75 Å². The number of hydrogen-bond donors (Lipinski definition) is 1. The lowest BCUT2D eigenvalue weighted by molar-refractivity contribution is -0.757. The first-order valence-corrected chi connectivity index (χ1v) is 15.2. The molecule has 0 saturated carbocycles. The number of ether oxygens (including phenoxy) is 3. The summed E-state index contributed by atoms with van der Waals surface area (Å²) in [6.45, 7) is 7.17. The van der Waals surface area contributed by atoms with E-state index in [-0.39, 0.29) is 43.1 Å². The third kappa shape index (κ3) is 9.19. The van der Waals surface area contributed by atoms with Crippen LogP contribution in [0.3, 0.4) is 0 Å². The molecule has 252 valence electrons. The van der Waals surface area contributed by atoms with Gasteiger partial charge in [0.05, 0.1) is 48.9 Å². The largest absolute Gasteiger partial charge is 0.497 e. The van der Waals surface area contributed by atoms with Gasteiger partial charge in [-0.05, 0) is 50.1 Å². The highest BCUT2D eigenvalue weighted by Gasteiger charge is 2.38. The van der Waals surface area contributed by atoms with Gasteiger partial charge in [-0.1, -0.05) is 12.1 Å². The summed E-state index contributed by atoms with van der Waals surface area (Å²) in [6, 6.07) is 13.7. The van der Waals surface area contributed by atoms with Crippen LogP contribution in [0.15, 0.2) is 71.1 Å². The topological polar surface area (TPSA) is 176 Å². The zero-order valence-electron chi connectivity index (χ0n) is 26.6. The predicted molar refractivity (Wildman–Crippen MR) is 170 cm³/mol. The van der Waals surface area contributed by atoms with Crippen LogP contribution in [0.2, 0.25) is 0 Å². The maximum absolute atomic E-state index is 13.6. The summed E-state index contributed by atoms with van der Waals surface area (Å²) in [6.07, 6.45) is 0.653. The third-order valence-corrected chi connectivity index (χ3v) is 7.99. The van der Waals surface area contributed by atoms with E-state index in [1.54, 1.807) is 27.0 Å². The highest BCUT2D eigenvalue weighted by Crippen LogP contribution is 2.40. The molecule has 2 aromatic carbocycles. The average Bonchev–Trinajstić information content (AvgIpc) is 3.06. The molecule has 2 aliphatic heterocycles. The molecule has 47 heavy (non-hydrogen) atoms. The number of benzene rings is 2. The summed E-state index contributed by atoms with van der Waals surface area (Å²) in [5.41, 5.74) is 2.32. The Bertz CT molecular complexity index is 1520. The molecule has 2 aliphatic rings. The van der Waals surface area contributed by atoms with E-state index in [1.165, 1.54) is 18.2 Å². The van der Waals surface area contributed by atoms with E-state index in [1.807, 2.05) is 24.3 Å². The number of carbonyl (C=O) groups excluding carboxylic acids is 2. The number of esters is 2. The van der Waals surface area contributed by atoms with Gasteiger partial charge >= 0.3 is 11.9 Å². The normalized spacial score (nSPS) is 16.7. The third-order valence-electron chi connectivity index (χ3n) is 7.99. The van der Waals surface area contributed by atoms with E-state index in [4.69, 9.17) is 14.2 Å². The lowest BCUT2D eigenvalue weighted by Crippen LogP contribution is -2.46. The van der Waals surface area contributed by atoms with Crippen molar-refractivity contribution in [1.82, 2.24) is 10.2 Å². The Hall–Kier alpha value is -5.18. The quantitative estimate of drug-likeness (QED) is 0.127. The Balaban J connectivity index is 1.40. The number of carbonyl (C=O) groups is 2. The minimum atomic E-state index is -1.02. The number of dihydropyridines is 1. The second-order valence-corrected chi connectivity index (χ2v) is 11.0. The molecule has 1 saturated heterocycles. The molecule has 0 radical (unpaired) electrons. The van der Waals surface area contributed by atoms with Gasteiger partial charge in [-0.2, -0.15) is 0 Å². The zero-order valence-corrected chi connectivity index (χ0v) is 26.6. The van der Waals surface area contributed by atoms with E-state index in [2.05, 4.69) is 20.0 Å². The van der Waals surface area contributed by atoms with Gasteiger partial charge in [-0.3, -0.25) is 15.0 Å². The van der Waals surface area contributed by atoms with Crippen molar-refractivity contribution >= 4 is 23.3 Å². The molecular weight excluding hydrogens is 614 g/mol. The van der Waals surface area contributed by atoms with E-state index < -0.39 is 27.9 Å². The molecule has 0 aromatic heterocycles. The van der Waals surface area contributed by atoms with Crippen LogP contribution in [-0.2, 0) is 23.9 Å². The van der Waals surface area contributed by atoms with Crippen molar-refractivity contribution in [2.24, 2.45) is 0 Å². The zero-order chi connectivity index (χ0) is 33.9. The van der Waals surface area contributed by atoms with Crippen LogP contribution in [-0.4, -0.2) is 86.5 Å². The Morgan fingerprint density at radius 3 is 2.06 bits per heavy atom. The van der Waals surface area contributed by atoms with Crippen molar-refractivity contribution in [1.29, 1.82) is 0 Å². The van der Waals surface area contributed by atoms with Gasteiger partial charge in [0.25, 0.3) is 10.8 Å². The van der Waals surface area contributed by atoms with E-state index in [9.17, 15) is 29.8 Å². The fraction of sp³-hybridized carbons (Fsp3) is 0.438. The van der Waals surface area contributed by atoms with Gasteiger partial charge in [0.1, 0.15) is 5.75 Å². The maximum atomic E-state index is 13.6. The van der Waals surface area contributed by atoms with E-state index >= 15 is 0 Å². The van der Waals surface area contributed by atoms with Gasteiger partial charge in [0, 0.05) is 68.4 Å². The summed E-state index contributed by atoms with van der Waals surface area (Å²) >= 11 is 0. The van der Waals surface area contributed by atoms with Crippen LogP contribution in [0.1, 0.15) is 38.2 Å². The van der Waals surface area contributed by atoms with Crippen molar-refractivity contribution in [3.63, 3.8) is 0 Å². The van der Waals surface area contributed by atoms with Gasteiger partial charge in [-0.25, -0.2) is 9.59 Å². The number of anilines is 1. The molecule has 15 nitrogen and oxygen atoms in total. The number of nitro benzene ring substituents is 1. The molecule has 0 bridgehead atoms. The van der Waals surface area contributed by atoms with Crippen LogP contribution in [0.25, 0.3) is 0 Å². The Morgan fingerprint density at radius 2 is 1.49 bits per heavy atom. The summed E-state index contributed by atoms with van der Waals surface area (Å²) in [4.78, 5) is 57.3. The minimum absolute atomic E-state index is 0.0637. The van der Waals surface area contributed by atoms with Crippen LogP contribution in [0.4, 0.5) is 11.4 Å². The fourth-order valence-corrected chi connectivity index (χ4v) is 5.68. The van der Waals surface area contributed by atoms with Gasteiger partial charge in [0.2, 0.25) is 0 Å². The molecule has 0 amide bonds. The summed E-state index contributed by atoms with van der Waals surface area (Å²) in [5.74, 6) is -1.64. The average molecular weight is 654 g/mol. The van der Waals surface area contributed by atoms with Crippen LogP contribution < -0.4 is 15.0 Å². The van der Waals surface area contributed by atoms with Crippen LogP contribution >= 0.6 is 0 Å². The van der Waals surface area contributed by atoms with E-state index in [0.717, 1.165) is 44.2 Å². The Morgan fingerprint density at radius 1 is 0.872 bits per heavy atom. The molecule has 2 aromatic rings. The number of piperazine rings is 1. The molecule has 15 heteroatoms. The second kappa shape index (κ2) is 16.4. The fourth-order valence-electron chi connectivity index (χ4n) is 5.68. The number of methoxy groups -OCH3 is 1. The molecule has 1 N–H and O–H groups in total. The van der Waals surface area contributed by atoms with Crippen molar-refractivity contribution in [2.75, 3.05) is 64.6 Å². The molecule has 1 unspecified atom stereocenters. The molecule has 1 fully saturated rings. The molecule has 2 heterocycles. The number of nitrogens with one attached hydrogen (secondary N) is 1. The summed E-state index contributed by atoms with van der Waals surface area (Å²) in [5, 5.41) is 24.1. The smallest absolute Gasteiger partial charge is 0.336 e. The SMILES string of the molecule is COc1ccc(N2CCN(CCCOC(=O)C3=C(C)NC(C)=C(C(=O)OCCCO[N+](=O)[O-])C3c3cccc([N+](=O)[O-])c3)CC2)cc1. The highest BCUT2D eigenvalue weighted by atomic mass is 16.9. The van der Waals surface area contributed by atoms with Crippen molar-refractivity contribution < 1.29 is 38.6 Å². The lowest BCUT2D eigenvalue weighted by atomic mass is 9.80. The van der Waals surface area contributed by atoms with Crippen LogP contribution in [0, 0.1) is 20.2 Å². The highest BCUT2D eigenvalue weighted by molar-refractivity contribution is 6.00. The van der Waals surface area contributed by atoms with Gasteiger partial charge in [-0.15, -0.1) is 10.1 Å². The monoisotopic (exact) mass is 653 g/mol. The molecule has 4 rings (SSSR count). The van der Waals surface area contributed by atoms with Crippen molar-refractivity contribution in [3.8, 4) is 5.75 Å². The number of rotatable bonds is 15. The first-order chi connectivity index (χ1) is 22.6. The van der Waals surface area contributed by atoms with Crippen molar-refractivity contribution in [2.45, 2.75) is 32.6 Å². The lowest BCUT2D eigenvalue weighted by Gasteiger charge is -2.36. The minimum Gasteiger partial charge on any atom is -0.497 e. The van der Waals surface area contributed by atoms with E-state index in [0.29, 0.717) is 23.4 Å². The second-order valence-electron chi connectivity index (χ2n) is 11.0. The number of allylic oxidation sites excluding steroid dienone is 2. The predicted octanol–water partition coefficient (Wildman–Crippen LogP) is 3.74. The van der Waals surface area contributed by atoms with Gasteiger partial charge < -0.3 is 29.3 Å². The summed E-state index contributed by atoms with van der Waals surface area (Å²) < 4.78 is 16.3.